The van der Waals surface area contributed by atoms with E-state index in [1.54, 1.807) is 0 Å². The molecule has 1 N–H and O–H groups in total. The van der Waals surface area contributed by atoms with Crippen molar-refractivity contribution >= 4 is 23.4 Å². The maximum Gasteiger partial charge on any atom is 0.453 e. The van der Waals surface area contributed by atoms with Crippen molar-refractivity contribution in [2.45, 2.75) is 36.2 Å². The Morgan fingerprint density at radius 1 is 1.07 bits per heavy atom. The molecule has 1 atom stereocenters. The van der Waals surface area contributed by atoms with E-state index in [4.69, 9.17) is 0 Å². The number of hydrogen-bond acceptors (Lipinski definition) is 3. The molecule has 2 aromatic carbocycles. The van der Waals surface area contributed by atoms with E-state index in [1.165, 1.54) is 22.7 Å². The van der Waals surface area contributed by atoms with Crippen molar-refractivity contribution in [2.75, 3.05) is 17.2 Å². The van der Waals surface area contributed by atoms with Crippen molar-refractivity contribution in [1.29, 1.82) is 0 Å². The van der Waals surface area contributed by atoms with Crippen LogP contribution >= 0.6 is 11.8 Å². The molecule has 150 valence electrons. The van der Waals surface area contributed by atoms with Gasteiger partial charge in [-0.15, -0.1) is 11.8 Å². The molecule has 28 heavy (non-hydrogen) atoms. The third-order valence-corrected chi connectivity index (χ3v) is 5.61. The standard InChI is InChI=1S/C20H19F4NO2S/c21-19(27,20(22,23)24)15-9-10-17-14(12-15)6-4-5-11-25(17)18(26)13-28-16-7-2-1-3-8-16/h1-3,7-10,12,27H,4-6,11,13H2. The summed E-state index contributed by atoms with van der Waals surface area (Å²) in [7, 11) is 0. The summed E-state index contributed by atoms with van der Waals surface area (Å²) in [6.45, 7) is 0.444. The molecule has 3 rings (SSSR count). The van der Waals surface area contributed by atoms with Crippen LogP contribution in [-0.4, -0.2) is 29.5 Å². The molecule has 3 nitrogen and oxygen atoms in total. The van der Waals surface area contributed by atoms with Crippen molar-refractivity contribution in [3.05, 3.63) is 59.7 Å². The largest absolute Gasteiger partial charge is 0.453 e. The number of alkyl halides is 4. The number of carbonyl (C=O) groups is 1. The molecule has 0 spiro atoms. The molecule has 0 bridgehead atoms. The third kappa shape index (κ3) is 4.33. The van der Waals surface area contributed by atoms with Crippen LogP contribution in [0.5, 0.6) is 0 Å². The molecular weight excluding hydrogens is 394 g/mol. The Morgan fingerprint density at radius 2 is 1.79 bits per heavy atom. The summed E-state index contributed by atoms with van der Waals surface area (Å²) in [4.78, 5) is 15.2. The van der Waals surface area contributed by atoms with Crippen molar-refractivity contribution in [3.8, 4) is 0 Å². The highest BCUT2D eigenvalue weighted by atomic mass is 32.2. The number of amides is 1. The molecule has 8 heteroatoms. The number of carbonyl (C=O) groups excluding carboxylic acids is 1. The minimum absolute atomic E-state index is 0.170. The molecule has 1 aliphatic heterocycles. The van der Waals surface area contributed by atoms with Gasteiger partial charge in [-0.05, 0) is 49.1 Å². The van der Waals surface area contributed by atoms with Crippen LogP contribution in [0.4, 0.5) is 23.2 Å². The number of aryl methyl sites for hydroxylation is 1. The fraction of sp³-hybridized carbons (Fsp3) is 0.350. The number of fused-ring (bicyclic) bond motifs is 1. The Balaban J connectivity index is 1.83. The minimum Gasteiger partial charge on any atom is -0.351 e. The Labute approximate surface area is 164 Å². The Kier molecular flexibility index (Phi) is 6.00. The highest BCUT2D eigenvalue weighted by Gasteiger charge is 2.56. The zero-order chi connectivity index (χ0) is 20.4. The molecule has 1 amide bonds. The van der Waals surface area contributed by atoms with Crippen LogP contribution in [0.3, 0.4) is 0 Å². The van der Waals surface area contributed by atoms with Gasteiger partial charge >= 0.3 is 12.0 Å². The first kappa shape index (κ1) is 20.7. The Hall–Kier alpha value is -2.06. The lowest BCUT2D eigenvalue weighted by Crippen LogP contribution is -2.38. The highest BCUT2D eigenvalue weighted by Crippen LogP contribution is 2.42. The minimum atomic E-state index is -5.44. The maximum absolute atomic E-state index is 13.9. The number of nitrogens with zero attached hydrogens (tertiary/aromatic N) is 1. The van der Waals surface area contributed by atoms with Gasteiger partial charge in [0, 0.05) is 22.7 Å². The van der Waals surface area contributed by atoms with Crippen LogP contribution in [0, 0.1) is 0 Å². The second kappa shape index (κ2) is 8.13. The quantitative estimate of drug-likeness (QED) is 0.577. The molecule has 2 aromatic rings. The molecule has 0 aliphatic carbocycles. The van der Waals surface area contributed by atoms with Crippen molar-refractivity contribution in [1.82, 2.24) is 0 Å². The lowest BCUT2D eigenvalue weighted by Gasteiger charge is -2.26. The number of hydrogen-bond donors (Lipinski definition) is 1. The van der Waals surface area contributed by atoms with E-state index >= 15 is 0 Å². The van der Waals surface area contributed by atoms with Gasteiger partial charge in [-0.1, -0.05) is 24.3 Å². The van der Waals surface area contributed by atoms with Crippen LogP contribution in [-0.2, 0) is 17.1 Å². The number of benzene rings is 2. The van der Waals surface area contributed by atoms with Gasteiger partial charge < -0.3 is 10.0 Å². The van der Waals surface area contributed by atoms with Gasteiger partial charge in [-0.2, -0.15) is 17.6 Å². The lowest BCUT2D eigenvalue weighted by molar-refractivity contribution is -0.323. The van der Waals surface area contributed by atoms with Crippen LogP contribution in [0.25, 0.3) is 0 Å². The van der Waals surface area contributed by atoms with Crippen LogP contribution in [0.2, 0.25) is 0 Å². The predicted octanol–water partition coefficient (Wildman–Crippen LogP) is 4.83. The lowest BCUT2D eigenvalue weighted by atomic mass is 9.99. The fourth-order valence-corrected chi connectivity index (χ4v) is 3.92. The predicted molar refractivity (Wildman–Crippen MR) is 100.0 cm³/mol. The van der Waals surface area contributed by atoms with E-state index in [9.17, 15) is 27.5 Å². The number of thioether (sulfide) groups is 1. The van der Waals surface area contributed by atoms with E-state index in [-0.39, 0.29) is 11.7 Å². The molecule has 0 fully saturated rings. The Morgan fingerprint density at radius 3 is 2.46 bits per heavy atom. The molecule has 0 aromatic heterocycles. The highest BCUT2D eigenvalue weighted by molar-refractivity contribution is 8.00. The van der Waals surface area contributed by atoms with Crippen LogP contribution < -0.4 is 4.90 Å². The van der Waals surface area contributed by atoms with Crippen molar-refractivity contribution < 1.29 is 27.5 Å². The van der Waals surface area contributed by atoms with Gasteiger partial charge in [-0.3, -0.25) is 4.79 Å². The first-order valence-corrected chi connectivity index (χ1v) is 9.78. The Bertz CT molecular complexity index is 840. The monoisotopic (exact) mass is 413 g/mol. The zero-order valence-corrected chi connectivity index (χ0v) is 15.7. The molecule has 0 saturated carbocycles. The molecule has 1 heterocycles. The topological polar surface area (TPSA) is 40.5 Å². The molecule has 1 aliphatic rings. The van der Waals surface area contributed by atoms with Gasteiger partial charge in [0.15, 0.2) is 0 Å². The second-order valence-corrected chi connectivity index (χ2v) is 7.62. The molecule has 1 unspecified atom stereocenters. The number of anilines is 1. The summed E-state index contributed by atoms with van der Waals surface area (Å²) in [5, 5.41) is 9.30. The smallest absolute Gasteiger partial charge is 0.351 e. The van der Waals surface area contributed by atoms with E-state index in [0.717, 1.165) is 17.0 Å². The summed E-state index contributed by atoms with van der Waals surface area (Å²) < 4.78 is 52.3. The summed E-state index contributed by atoms with van der Waals surface area (Å²) in [6, 6.07) is 12.6. The zero-order valence-electron chi connectivity index (χ0n) is 14.9. The van der Waals surface area contributed by atoms with Gasteiger partial charge in [0.25, 0.3) is 0 Å². The van der Waals surface area contributed by atoms with Crippen LogP contribution in [0.1, 0.15) is 24.0 Å². The van der Waals surface area contributed by atoms with Crippen LogP contribution in [0.15, 0.2) is 53.4 Å². The van der Waals surface area contributed by atoms with Crippen molar-refractivity contribution in [2.24, 2.45) is 0 Å². The van der Waals surface area contributed by atoms with E-state index < -0.39 is 17.6 Å². The number of rotatable bonds is 4. The average molecular weight is 413 g/mol. The summed E-state index contributed by atoms with van der Waals surface area (Å²) in [5.74, 6) is -4.41. The first-order valence-electron chi connectivity index (χ1n) is 8.80. The molecular formula is C20H19F4NO2S. The normalized spacial score (nSPS) is 16.8. The van der Waals surface area contributed by atoms with E-state index in [0.29, 0.717) is 37.1 Å². The third-order valence-electron chi connectivity index (χ3n) is 4.61. The first-order chi connectivity index (χ1) is 13.2. The number of halogens is 4. The summed E-state index contributed by atoms with van der Waals surface area (Å²) >= 11 is 1.37. The fourth-order valence-electron chi connectivity index (χ4n) is 3.12. The maximum atomic E-state index is 13.9. The van der Waals surface area contributed by atoms with Gasteiger partial charge in [0.2, 0.25) is 5.91 Å². The van der Waals surface area contributed by atoms with E-state index in [1.807, 2.05) is 30.3 Å². The van der Waals surface area contributed by atoms with Gasteiger partial charge in [0.1, 0.15) is 0 Å². The molecule has 0 radical (unpaired) electrons. The average Bonchev–Trinajstić information content (AvgIpc) is 2.88. The number of aliphatic hydroxyl groups is 1. The summed E-state index contributed by atoms with van der Waals surface area (Å²) in [5.41, 5.74) is 0.0259. The van der Waals surface area contributed by atoms with Gasteiger partial charge in [-0.25, -0.2) is 0 Å². The second-order valence-electron chi connectivity index (χ2n) is 6.57. The van der Waals surface area contributed by atoms with Crippen molar-refractivity contribution in [3.63, 3.8) is 0 Å². The van der Waals surface area contributed by atoms with E-state index in [2.05, 4.69) is 0 Å². The SMILES string of the molecule is O=C(CSc1ccccc1)N1CCCCc2cc(C(O)(F)C(F)(F)F)ccc21. The molecule has 0 saturated heterocycles. The van der Waals surface area contributed by atoms with Gasteiger partial charge in [0.05, 0.1) is 5.75 Å². The summed E-state index contributed by atoms with van der Waals surface area (Å²) in [6.07, 6.45) is -3.69.